The van der Waals surface area contributed by atoms with Crippen molar-refractivity contribution in [1.29, 1.82) is 0 Å². The van der Waals surface area contributed by atoms with Crippen molar-refractivity contribution in [2.75, 3.05) is 14.7 Å². The van der Waals surface area contributed by atoms with Gasteiger partial charge >= 0.3 is 0 Å². The van der Waals surface area contributed by atoms with Gasteiger partial charge in [0.25, 0.3) is 0 Å². The lowest BCUT2D eigenvalue weighted by Crippen LogP contribution is -2.36. The van der Waals surface area contributed by atoms with Crippen LogP contribution >= 0.6 is 22.7 Å². The van der Waals surface area contributed by atoms with Crippen LogP contribution in [0.1, 0.15) is 22.3 Å². The minimum atomic E-state index is -0.763. The summed E-state index contributed by atoms with van der Waals surface area (Å²) in [7, 11) is 0. The second-order valence-electron chi connectivity index (χ2n) is 28.6. The van der Waals surface area contributed by atoms with E-state index in [1.165, 1.54) is 145 Å². The summed E-state index contributed by atoms with van der Waals surface area (Å²) in [6.07, 6.45) is 0. The first kappa shape index (κ1) is 62.0. The Kier molecular flexibility index (Phi) is 14.3. The predicted octanol–water partition coefficient (Wildman–Crippen LogP) is 29.6. The molecule has 0 atom stereocenters. The van der Waals surface area contributed by atoms with Crippen LogP contribution in [0.3, 0.4) is 0 Å². The van der Waals surface area contributed by atoms with E-state index in [9.17, 15) is 0 Å². The molecule has 0 saturated carbocycles. The van der Waals surface area contributed by atoms with Crippen molar-refractivity contribution < 1.29 is 0 Å². The maximum atomic E-state index is 2.58. The Hall–Kier alpha value is -13.4. The number of thiophene rings is 2. The normalized spacial score (nSPS) is 12.7. The van der Waals surface area contributed by atoms with Gasteiger partial charge in [-0.1, -0.05) is 267 Å². The van der Waals surface area contributed by atoms with Crippen LogP contribution in [0.2, 0.25) is 0 Å². The molecule has 0 bridgehead atoms. The van der Waals surface area contributed by atoms with Crippen LogP contribution in [0.25, 0.3) is 128 Å². The second kappa shape index (κ2) is 24.9. The summed E-state index contributed by atoms with van der Waals surface area (Å²) in [5.74, 6) is 0. The molecule has 22 rings (SSSR count). The molecule has 504 valence electrons. The molecule has 0 radical (unpaired) electrons. The minimum Gasteiger partial charge on any atom is -0.310 e. The van der Waals surface area contributed by atoms with E-state index in [-0.39, 0.29) is 0 Å². The van der Waals surface area contributed by atoms with E-state index in [4.69, 9.17) is 0 Å². The van der Waals surface area contributed by atoms with E-state index < -0.39 is 5.41 Å². The van der Waals surface area contributed by atoms with Gasteiger partial charge in [-0.3, -0.25) is 0 Å². The van der Waals surface area contributed by atoms with Crippen molar-refractivity contribution in [3.8, 4) is 55.6 Å². The summed E-state index contributed by atoms with van der Waals surface area (Å²) in [5, 5.41) is 12.3. The zero-order valence-electron chi connectivity index (χ0n) is 58.7. The van der Waals surface area contributed by atoms with Crippen molar-refractivity contribution in [2.24, 2.45) is 0 Å². The highest BCUT2D eigenvalue weighted by Gasteiger charge is 2.53. The molecule has 3 nitrogen and oxygen atoms in total. The van der Waals surface area contributed by atoms with Crippen LogP contribution in [0.4, 0.5) is 51.2 Å². The van der Waals surface area contributed by atoms with Gasteiger partial charge in [0.05, 0.1) is 28.2 Å². The van der Waals surface area contributed by atoms with Gasteiger partial charge in [0.2, 0.25) is 0 Å². The molecule has 2 aliphatic rings. The highest BCUT2D eigenvalue weighted by molar-refractivity contribution is 7.26. The Labute approximate surface area is 634 Å². The molecular formula is C103H65N3S2. The lowest BCUT2D eigenvalue weighted by molar-refractivity contribution is 0.753. The molecule has 0 amide bonds. The molecule has 20 aromatic rings. The summed E-state index contributed by atoms with van der Waals surface area (Å²) in [4.78, 5) is 7.48. The molecule has 1 aliphatic heterocycles. The van der Waals surface area contributed by atoms with E-state index in [1.807, 2.05) is 22.7 Å². The summed E-state index contributed by atoms with van der Waals surface area (Å²) >= 11 is 3.75. The third-order valence-electron chi connectivity index (χ3n) is 22.8. The fraction of sp³-hybridized carbons (Fsp3) is 0.00971. The van der Waals surface area contributed by atoms with E-state index in [0.29, 0.717) is 0 Å². The first-order chi connectivity index (χ1) is 53.6. The van der Waals surface area contributed by atoms with Crippen LogP contribution < -0.4 is 14.7 Å². The number of hydrogen-bond donors (Lipinski definition) is 0. The van der Waals surface area contributed by atoms with Gasteiger partial charge in [0.1, 0.15) is 0 Å². The Balaban J connectivity index is 0.722. The Morgan fingerprint density at radius 2 is 0.796 bits per heavy atom. The summed E-state index contributed by atoms with van der Waals surface area (Å²) < 4.78 is 5.09. The maximum absolute atomic E-state index is 2.58. The fourth-order valence-corrected chi connectivity index (χ4v) is 20.4. The Morgan fingerprint density at radius 1 is 0.231 bits per heavy atom. The second-order valence-corrected chi connectivity index (χ2v) is 30.7. The number of rotatable bonds is 11. The number of hydrogen-bond acceptors (Lipinski definition) is 5. The van der Waals surface area contributed by atoms with E-state index in [0.717, 1.165) is 56.7 Å². The molecule has 18 aromatic carbocycles. The molecule has 0 saturated heterocycles. The molecule has 0 N–H and O–H groups in total. The highest BCUT2D eigenvalue weighted by Crippen LogP contribution is 2.66. The van der Waals surface area contributed by atoms with Crippen molar-refractivity contribution in [2.45, 2.75) is 5.41 Å². The van der Waals surface area contributed by atoms with Gasteiger partial charge in [-0.05, 0) is 227 Å². The van der Waals surface area contributed by atoms with Crippen molar-refractivity contribution in [3.05, 3.63) is 417 Å². The third kappa shape index (κ3) is 9.66. The Bertz CT molecular complexity index is 6990. The first-order valence-corrected chi connectivity index (χ1v) is 38.7. The Morgan fingerprint density at radius 3 is 1.64 bits per heavy atom. The fourth-order valence-electron chi connectivity index (χ4n) is 18.1. The van der Waals surface area contributed by atoms with Gasteiger partial charge in [-0.25, -0.2) is 0 Å². The predicted molar refractivity (Wildman–Crippen MR) is 461 cm³/mol. The highest BCUT2D eigenvalue weighted by atomic mass is 32.1. The molecule has 2 aromatic heterocycles. The SMILES string of the molecule is c1ccc(-c2cc(-c3cccc(N(c4ccccc4)c4ccc5sc6cc(-c7ccc8c(c7)C7(c9ccccc9N(c9ccccc9)c9ccccc97)c7cccc(N(c9ccc%10ccccc%10c9)c9cccc%10c(-c%11cccc%12sc%13ccccc%13c%11%12)cccc9%10)c7-8)ccc6c5c4)c3)cc3ccccc23)cc1. The molecule has 3 heterocycles. The van der Waals surface area contributed by atoms with Crippen molar-refractivity contribution >= 4 is 147 Å². The summed E-state index contributed by atoms with van der Waals surface area (Å²) in [5.41, 5.74) is 26.3. The minimum absolute atomic E-state index is 0.763. The molecule has 5 heteroatoms. The molecule has 0 unspecified atom stereocenters. The van der Waals surface area contributed by atoms with Gasteiger partial charge < -0.3 is 14.7 Å². The number of fused-ring (bicyclic) bond motifs is 18. The summed E-state index contributed by atoms with van der Waals surface area (Å²) in [6, 6.07) is 148. The van der Waals surface area contributed by atoms with Crippen LogP contribution in [0.15, 0.2) is 394 Å². The smallest absolute Gasteiger partial charge is 0.0755 e. The average molecular weight is 1410 g/mol. The van der Waals surface area contributed by atoms with Crippen molar-refractivity contribution in [1.82, 2.24) is 0 Å². The lowest BCUT2D eigenvalue weighted by Gasteiger charge is -2.45. The van der Waals surface area contributed by atoms with E-state index in [1.54, 1.807) is 0 Å². The molecule has 0 fully saturated rings. The number of nitrogens with zero attached hydrogens (tertiary/aromatic N) is 3. The van der Waals surface area contributed by atoms with Gasteiger partial charge in [0, 0.05) is 79.7 Å². The lowest BCUT2D eigenvalue weighted by atomic mass is 9.64. The van der Waals surface area contributed by atoms with Crippen LogP contribution in [0.5, 0.6) is 0 Å². The van der Waals surface area contributed by atoms with Gasteiger partial charge in [-0.15, -0.1) is 22.7 Å². The quantitative estimate of drug-likeness (QED) is 0.128. The zero-order chi connectivity index (χ0) is 71.0. The number of anilines is 9. The van der Waals surface area contributed by atoms with Crippen molar-refractivity contribution in [3.63, 3.8) is 0 Å². The van der Waals surface area contributed by atoms with E-state index in [2.05, 4.69) is 409 Å². The topological polar surface area (TPSA) is 9.72 Å². The number of benzene rings is 18. The third-order valence-corrected chi connectivity index (χ3v) is 25.0. The maximum Gasteiger partial charge on any atom is 0.0755 e. The standard InChI is InChI=1S/C103H65N3S2/c1-4-26-67(27-5-1)87-62-73(59-72-29-12-13-36-79(72)87)69-30-20-35-76(61-69)104(74-31-6-2-7-32-74)78-55-58-98-88(65-78)83-56-52-71(64-100(83)108-98)70-53-57-85-92(63-70)103(89-42-15-17-45-94(89)105(75-33-8-3-9-34-75)95-46-18-16-43-90(95)103)91-44-24-48-96(102(85)91)106(77-54-51-66-25-10-11-28-68(66)60-77)93-47-22-39-80-81(38-21-40-82(80)93)84-41-23-50-99-101(84)86-37-14-19-49-97(86)107-99/h1-65H. The molecule has 108 heavy (non-hydrogen) atoms. The molecular weight excluding hydrogens is 1340 g/mol. The van der Waals surface area contributed by atoms with Crippen LogP contribution in [0, 0.1) is 0 Å². The molecule has 1 spiro atoms. The van der Waals surface area contributed by atoms with Crippen LogP contribution in [-0.4, -0.2) is 0 Å². The zero-order valence-corrected chi connectivity index (χ0v) is 60.3. The van der Waals surface area contributed by atoms with Gasteiger partial charge in [-0.2, -0.15) is 0 Å². The first-order valence-electron chi connectivity index (χ1n) is 37.1. The van der Waals surface area contributed by atoms with E-state index >= 15 is 0 Å². The number of para-hydroxylation sites is 4. The largest absolute Gasteiger partial charge is 0.310 e. The molecule has 1 aliphatic carbocycles. The average Bonchev–Trinajstić information content (AvgIpc) is 1.48. The van der Waals surface area contributed by atoms with Gasteiger partial charge in [0.15, 0.2) is 0 Å². The van der Waals surface area contributed by atoms with Crippen LogP contribution in [-0.2, 0) is 5.41 Å². The monoisotopic (exact) mass is 1410 g/mol. The summed E-state index contributed by atoms with van der Waals surface area (Å²) in [6.45, 7) is 0.